The number of hydrogen-bond donors (Lipinski definition) is 3. The second-order valence-corrected chi connectivity index (χ2v) is 12.0. The average Bonchev–Trinajstić information content (AvgIpc) is 2.87. The number of likely N-dealkylation sites (tertiary alicyclic amines) is 1. The van der Waals surface area contributed by atoms with Gasteiger partial charge >= 0.3 is 0 Å². The minimum atomic E-state index is -3.32. The van der Waals surface area contributed by atoms with E-state index in [0.29, 0.717) is 36.1 Å². The maximum Gasteiger partial charge on any atom is 0.237 e. The molecule has 4 N–H and O–H groups in total. The second kappa shape index (κ2) is 13.8. The quantitative estimate of drug-likeness (QED) is 0.413. The van der Waals surface area contributed by atoms with E-state index in [9.17, 15) is 13.2 Å². The number of rotatable bonds is 8. The summed E-state index contributed by atoms with van der Waals surface area (Å²) in [5.41, 5.74) is 8.27. The lowest BCUT2D eigenvalue weighted by Crippen LogP contribution is -2.61. The first-order valence-corrected chi connectivity index (χ1v) is 14.6. The SMILES string of the molecule is CNC(=O)C1CC(N)(C2CCCCC2)CCN1Cc1ccc(Oc2ccc(NS(C)(=O)=O)cc2)cc1.Cl.Cl. The molecule has 38 heavy (non-hydrogen) atoms. The number of nitrogens with two attached hydrogens (primary N) is 1. The van der Waals surface area contributed by atoms with Crippen LogP contribution in [0.2, 0.25) is 0 Å². The number of carbonyl (C=O) groups excluding carboxylic acids is 1. The molecule has 1 heterocycles. The van der Waals surface area contributed by atoms with Crippen molar-refractivity contribution in [2.24, 2.45) is 11.7 Å². The van der Waals surface area contributed by atoms with Crippen molar-refractivity contribution < 1.29 is 17.9 Å². The van der Waals surface area contributed by atoms with Crippen LogP contribution in [0.1, 0.15) is 50.5 Å². The van der Waals surface area contributed by atoms with Gasteiger partial charge in [0, 0.05) is 31.4 Å². The number of nitrogens with zero attached hydrogens (tertiary/aromatic N) is 1. The van der Waals surface area contributed by atoms with Gasteiger partial charge in [-0.2, -0.15) is 0 Å². The Kier molecular flexibility index (Phi) is 11.7. The molecule has 1 aliphatic carbocycles. The van der Waals surface area contributed by atoms with Crippen molar-refractivity contribution in [2.75, 3.05) is 24.6 Å². The fourth-order valence-corrected chi connectivity index (χ4v) is 6.16. The highest BCUT2D eigenvalue weighted by molar-refractivity contribution is 7.92. The van der Waals surface area contributed by atoms with Crippen LogP contribution in [0.25, 0.3) is 0 Å². The third-order valence-electron chi connectivity index (χ3n) is 7.55. The largest absolute Gasteiger partial charge is 0.457 e. The molecule has 2 aromatic carbocycles. The number of likely N-dealkylation sites (N-methyl/N-ethyl adjacent to an activating group) is 1. The van der Waals surface area contributed by atoms with Gasteiger partial charge in [-0.25, -0.2) is 8.42 Å². The van der Waals surface area contributed by atoms with Gasteiger partial charge in [0.1, 0.15) is 11.5 Å². The molecule has 1 saturated heterocycles. The van der Waals surface area contributed by atoms with Gasteiger partial charge in [0.15, 0.2) is 0 Å². The number of ether oxygens (including phenoxy) is 1. The standard InChI is InChI=1S/C27H38N4O4S.2ClH/c1-29-26(32)25-18-27(28,21-6-4-3-5-7-21)16-17-31(25)19-20-8-12-23(13-9-20)35-24-14-10-22(11-15-24)30-36(2,33)34;;/h8-15,21,25,30H,3-7,16-19,28H2,1-2H3,(H,29,32);2*1H. The summed E-state index contributed by atoms with van der Waals surface area (Å²) in [7, 11) is -1.62. The van der Waals surface area contributed by atoms with Crippen molar-refractivity contribution in [3.63, 3.8) is 0 Å². The Balaban J connectivity index is 0.00000253. The van der Waals surface area contributed by atoms with Crippen molar-refractivity contribution in [2.45, 2.75) is 63.1 Å². The van der Waals surface area contributed by atoms with Gasteiger partial charge in [0.25, 0.3) is 0 Å². The molecule has 4 rings (SSSR count). The summed E-state index contributed by atoms with van der Waals surface area (Å²) in [6, 6.07) is 14.4. The number of carbonyl (C=O) groups is 1. The molecule has 0 bridgehead atoms. The van der Waals surface area contributed by atoms with E-state index in [4.69, 9.17) is 10.5 Å². The van der Waals surface area contributed by atoms with Crippen LogP contribution in [-0.2, 0) is 21.4 Å². The minimum absolute atomic E-state index is 0. The molecule has 2 aliphatic rings. The highest BCUT2D eigenvalue weighted by atomic mass is 35.5. The molecule has 0 aromatic heterocycles. The van der Waals surface area contributed by atoms with Crippen LogP contribution in [0.4, 0.5) is 5.69 Å². The first kappa shape index (κ1) is 32.2. The fourth-order valence-electron chi connectivity index (χ4n) is 5.60. The molecule has 1 saturated carbocycles. The topological polar surface area (TPSA) is 114 Å². The monoisotopic (exact) mass is 586 g/mol. The predicted molar refractivity (Wildman–Crippen MR) is 157 cm³/mol. The predicted octanol–water partition coefficient (Wildman–Crippen LogP) is 4.68. The molecule has 1 amide bonds. The van der Waals surface area contributed by atoms with Crippen LogP contribution < -0.4 is 20.5 Å². The Labute approximate surface area is 238 Å². The molecule has 8 nitrogen and oxygen atoms in total. The molecule has 0 spiro atoms. The molecular weight excluding hydrogens is 547 g/mol. The van der Waals surface area contributed by atoms with Gasteiger partial charge in [-0.05, 0) is 73.6 Å². The van der Waals surface area contributed by atoms with E-state index in [1.807, 2.05) is 24.3 Å². The molecule has 1 aliphatic heterocycles. The van der Waals surface area contributed by atoms with Crippen LogP contribution in [0, 0.1) is 5.92 Å². The van der Waals surface area contributed by atoms with E-state index in [0.717, 1.165) is 24.8 Å². The lowest BCUT2D eigenvalue weighted by atomic mass is 9.68. The molecule has 212 valence electrons. The van der Waals surface area contributed by atoms with Crippen molar-refractivity contribution in [1.29, 1.82) is 0 Å². The van der Waals surface area contributed by atoms with Gasteiger partial charge in [0.2, 0.25) is 15.9 Å². The van der Waals surface area contributed by atoms with E-state index in [-0.39, 0.29) is 42.3 Å². The summed E-state index contributed by atoms with van der Waals surface area (Å²) < 4.78 is 31.1. The number of nitrogens with one attached hydrogen (secondary N) is 2. The minimum Gasteiger partial charge on any atom is -0.457 e. The van der Waals surface area contributed by atoms with Crippen molar-refractivity contribution in [1.82, 2.24) is 10.2 Å². The molecule has 11 heteroatoms. The van der Waals surface area contributed by atoms with Crippen LogP contribution in [0.15, 0.2) is 48.5 Å². The van der Waals surface area contributed by atoms with Gasteiger partial charge in [0.05, 0.1) is 12.3 Å². The number of piperidine rings is 1. The summed E-state index contributed by atoms with van der Waals surface area (Å²) in [5, 5.41) is 2.85. The zero-order valence-corrected chi connectivity index (χ0v) is 24.5. The lowest BCUT2D eigenvalue weighted by molar-refractivity contribution is -0.129. The lowest BCUT2D eigenvalue weighted by Gasteiger charge is -2.48. The van der Waals surface area contributed by atoms with Crippen LogP contribution in [0.3, 0.4) is 0 Å². The van der Waals surface area contributed by atoms with E-state index in [1.54, 1.807) is 31.3 Å². The Morgan fingerprint density at radius 1 is 1.03 bits per heavy atom. The van der Waals surface area contributed by atoms with Gasteiger partial charge in [-0.3, -0.25) is 14.4 Å². The number of benzene rings is 2. The molecule has 2 atom stereocenters. The zero-order chi connectivity index (χ0) is 25.8. The van der Waals surface area contributed by atoms with Gasteiger partial charge in [-0.15, -0.1) is 24.8 Å². The van der Waals surface area contributed by atoms with E-state index >= 15 is 0 Å². The normalized spacial score (nSPS) is 22.4. The zero-order valence-electron chi connectivity index (χ0n) is 22.0. The van der Waals surface area contributed by atoms with Gasteiger partial charge < -0.3 is 15.8 Å². The Morgan fingerprint density at radius 3 is 2.16 bits per heavy atom. The molecule has 2 unspecified atom stereocenters. The first-order valence-electron chi connectivity index (χ1n) is 12.7. The highest BCUT2D eigenvalue weighted by Crippen LogP contribution is 2.39. The smallest absolute Gasteiger partial charge is 0.237 e. The summed E-state index contributed by atoms with van der Waals surface area (Å²) in [6.45, 7) is 1.47. The highest BCUT2D eigenvalue weighted by Gasteiger charge is 2.44. The molecule has 0 radical (unpaired) electrons. The number of anilines is 1. The Morgan fingerprint density at radius 2 is 1.61 bits per heavy atom. The molecule has 2 fully saturated rings. The summed E-state index contributed by atoms with van der Waals surface area (Å²) in [6.07, 6.45) is 8.86. The van der Waals surface area contributed by atoms with E-state index in [2.05, 4.69) is 14.9 Å². The number of halogens is 2. The van der Waals surface area contributed by atoms with Gasteiger partial charge in [-0.1, -0.05) is 31.4 Å². The summed E-state index contributed by atoms with van der Waals surface area (Å²) in [4.78, 5) is 15.1. The average molecular weight is 588 g/mol. The third kappa shape index (κ3) is 8.48. The maximum absolute atomic E-state index is 12.8. The number of hydrogen-bond acceptors (Lipinski definition) is 6. The second-order valence-electron chi connectivity index (χ2n) is 10.3. The molecular formula is C27H40Cl2N4O4S. The van der Waals surface area contributed by atoms with Crippen LogP contribution in [-0.4, -0.2) is 50.7 Å². The third-order valence-corrected chi connectivity index (χ3v) is 8.15. The number of amides is 1. The number of sulfonamides is 1. The van der Waals surface area contributed by atoms with Crippen LogP contribution in [0.5, 0.6) is 11.5 Å². The summed E-state index contributed by atoms with van der Waals surface area (Å²) in [5.74, 6) is 1.84. The van der Waals surface area contributed by atoms with Crippen molar-refractivity contribution in [3.8, 4) is 11.5 Å². The van der Waals surface area contributed by atoms with Crippen LogP contribution >= 0.6 is 24.8 Å². The first-order chi connectivity index (χ1) is 17.1. The van der Waals surface area contributed by atoms with Crippen molar-refractivity contribution in [3.05, 3.63) is 54.1 Å². The van der Waals surface area contributed by atoms with E-state index in [1.165, 1.54) is 32.1 Å². The summed E-state index contributed by atoms with van der Waals surface area (Å²) >= 11 is 0. The van der Waals surface area contributed by atoms with Crippen molar-refractivity contribution >= 4 is 46.4 Å². The molecule has 2 aromatic rings. The Bertz CT molecular complexity index is 1140. The maximum atomic E-state index is 12.8. The fraction of sp³-hybridized carbons (Fsp3) is 0.519. The Hall–Kier alpha value is -2.04. The van der Waals surface area contributed by atoms with E-state index < -0.39 is 10.0 Å².